The van der Waals surface area contributed by atoms with E-state index in [1.54, 1.807) is 0 Å². The van der Waals surface area contributed by atoms with Crippen molar-refractivity contribution in [2.24, 2.45) is 5.92 Å². The normalized spacial score (nSPS) is 25.4. The number of morpholine rings is 1. The fourth-order valence-electron chi connectivity index (χ4n) is 2.18. The quantitative estimate of drug-likeness (QED) is 0.713. The van der Waals surface area contributed by atoms with Crippen LogP contribution in [0.2, 0.25) is 0 Å². The van der Waals surface area contributed by atoms with Crippen molar-refractivity contribution in [1.82, 2.24) is 10.2 Å². The molecule has 1 saturated heterocycles. The molecule has 1 heterocycles. The maximum Gasteiger partial charge on any atom is 0.0594 e. The van der Waals surface area contributed by atoms with Crippen LogP contribution in [-0.4, -0.2) is 50.3 Å². The van der Waals surface area contributed by atoms with Crippen LogP contribution in [-0.2, 0) is 4.74 Å². The van der Waals surface area contributed by atoms with Crippen molar-refractivity contribution in [2.75, 3.05) is 39.4 Å². The number of hydrogen-bond donors (Lipinski definition) is 1. The van der Waals surface area contributed by atoms with E-state index in [0.29, 0.717) is 6.04 Å². The molecule has 2 aliphatic rings. The number of hydrogen-bond acceptors (Lipinski definition) is 3. The summed E-state index contributed by atoms with van der Waals surface area (Å²) in [5.41, 5.74) is 0. The molecule has 0 aromatic carbocycles. The standard InChI is InChI=1S/C12H24N2O/c1-11(13-5-4-12-2-3-12)10-14-6-8-15-9-7-14/h11-13H,2-10H2,1H3. The highest BCUT2D eigenvalue weighted by atomic mass is 16.5. The Hall–Kier alpha value is -0.120. The lowest BCUT2D eigenvalue weighted by atomic mass is 10.2. The molecule has 0 amide bonds. The summed E-state index contributed by atoms with van der Waals surface area (Å²) in [7, 11) is 0. The van der Waals surface area contributed by atoms with Crippen LogP contribution < -0.4 is 5.32 Å². The molecular formula is C12H24N2O. The SMILES string of the molecule is CC(CN1CCOCC1)NCCC1CC1. The van der Waals surface area contributed by atoms with Gasteiger partial charge in [-0.05, 0) is 25.8 Å². The first kappa shape index (κ1) is 11.4. The lowest BCUT2D eigenvalue weighted by molar-refractivity contribution is 0.0344. The Kier molecular flexibility index (Phi) is 4.42. The molecule has 2 fully saturated rings. The van der Waals surface area contributed by atoms with Crippen LogP contribution in [0.1, 0.15) is 26.2 Å². The van der Waals surface area contributed by atoms with Gasteiger partial charge in [0, 0.05) is 25.7 Å². The van der Waals surface area contributed by atoms with E-state index in [2.05, 4.69) is 17.1 Å². The summed E-state index contributed by atoms with van der Waals surface area (Å²) in [5, 5.41) is 3.62. The molecule has 1 unspecified atom stereocenters. The van der Waals surface area contributed by atoms with E-state index in [1.807, 2.05) is 0 Å². The Morgan fingerprint density at radius 3 is 2.73 bits per heavy atom. The average Bonchev–Trinajstić information content (AvgIpc) is 3.03. The number of nitrogens with one attached hydrogen (secondary N) is 1. The van der Waals surface area contributed by atoms with E-state index >= 15 is 0 Å². The van der Waals surface area contributed by atoms with Crippen molar-refractivity contribution in [3.8, 4) is 0 Å². The van der Waals surface area contributed by atoms with Crippen molar-refractivity contribution in [1.29, 1.82) is 0 Å². The second-order valence-corrected chi connectivity index (χ2v) is 5.00. The van der Waals surface area contributed by atoms with Gasteiger partial charge in [-0.25, -0.2) is 0 Å². The zero-order valence-corrected chi connectivity index (χ0v) is 9.87. The van der Waals surface area contributed by atoms with Crippen LogP contribution in [0.3, 0.4) is 0 Å². The molecule has 1 aliphatic carbocycles. The molecular weight excluding hydrogens is 188 g/mol. The maximum absolute atomic E-state index is 5.34. The van der Waals surface area contributed by atoms with Crippen molar-refractivity contribution in [3.63, 3.8) is 0 Å². The molecule has 88 valence electrons. The highest BCUT2D eigenvalue weighted by Gasteiger charge is 2.20. The maximum atomic E-state index is 5.34. The Bertz CT molecular complexity index is 176. The number of rotatable bonds is 6. The Balaban J connectivity index is 1.51. The predicted octanol–water partition coefficient (Wildman–Crippen LogP) is 1.10. The monoisotopic (exact) mass is 212 g/mol. The van der Waals surface area contributed by atoms with E-state index in [4.69, 9.17) is 4.74 Å². The number of ether oxygens (including phenoxy) is 1. The smallest absolute Gasteiger partial charge is 0.0594 e. The zero-order chi connectivity index (χ0) is 10.5. The van der Waals surface area contributed by atoms with Crippen LogP contribution in [0.5, 0.6) is 0 Å². The molecule has 0 radical (unpaired) electrons. The van der Waals surface area contributed by atoms with E-state index < -0.39 is 0 Å². The summed E-state index contributed by atoms with van der Waals surface area (Å²) in [4.78, 5) is 2.50. The van der Waals surface area contributed by atoms with Crippen molar-refractivity contribution >= 4 is 0 Å². The molecule has 0 spiro atoms. The fraction of sp³-hybridized carbons (Fsp3) is 1.00. The molecule has 1 N–H and O–H groups in total. The topological polar surface area (TPSA) is 24.5 Å². The van der Waals surface area contributed by atoms with Gasteiger partial charge in [-0.15, -0.1) is 0 Å². The summed E-state index contributed by atoms with van der Waals surface area (Å²) < 4.78 is 5.34. The first-order valence-corrected chi connectivity index (χ1v) is 6.38. The minimum Gasteiger partial charge on any atom is -0.379 e. The minimum atomic E-state index is 0.627. The van der Waals surface area contributed by atoms with Gasteiger partial charge in [0.15, 0.2) is 0 Å². The Labute approximate surface area is 93.2 Å². The lowest BCUT2D eigenvalue weighted by Crippen LogP contribution is -2.44. The molecule has 3 nitrogen and oxygen atoms in total. The van der Waals surface area contributed by atoms with Crippen molar-refractivity contribution < 1.29 is 4.74 Å². The van der Waals surface area contributed by atoms with Gasteiger partial charge in [0.05, 0.1) is 13.2 Å². The largest absolute Gasteiger partial charge is 0.379 e. The fourth-order valence-corrected chi connectivity index (χ4v) is 2.18. The average molecular weight is 212 g/mol. The van der Waals surface area contributed by atoms with E-state index in [1.165, 1.54) is 32.4 Å². The molecule has 1 saturated carbocycles. The molecule has 0 aromatic heterocycles. The van der Waals surface area contributed by atoms with Crippen LogP contribution in [0.15, 0.2) is 0 Å². The molecule has 1 aliphatic heterocycles. The van der Waals surface area contributed by atoms with Crippen LogP contribution >= 0.6 is 0 Å². The summed E-state index contributed by atoms with van der Waals surface area (Å²) in [6, 6.07) is 0.627. The number of nitrogens with zero attached hydrogens (tertiary/aromatic N) is 1. The second-order valence-electron chi connectivity index (χ2n) is 5.00. The summed E-state index contributed by atoms with van der Waals surface area (Å²) in [6.45, 7) is 8.71. The molecule has 3 heteroatoms. The third-order valence-electron chi connectivity index (χ3n) is 3.38. The second kappa shape index (κ2) is 5.83. The van der Waals surface area contributed by atoms with Gasteiger partial charge in [0.1, 0.15) is 0 Å². The van der Waals surface area contributed by atoms with Crippen molar-refractivity contribution in [3.05, 3.63) is 0 Å². The van der Waals surface area contributed by atoms with Gasteiger partial charge in [-0.3, -0.25) is 4.90 Å². The minimum absolute atomic E-state index is 0.627. The van der Waals surface area contributed by atoms with Crippen LogP contribution in [0.4, 0.5) is 0 Å². The Morgan fingerprint density at radius 1 is 1.33 bits per heavy atom. The highest BCUT2D eigenvalue weighted by Crippen LogP contribution is 2.31. The third-order valence-corrected chi connectivity index (χ3v) is 3.38. The van der Waals surface area contributed by atoms with Gasteiger partial charge in [0.25, 0.3) is 0 Å². The van der Waals surface area contributed by atoms with E-state index in [0.717, 1.165) is 32.2 Å². The summed E-state index contributed by atoms with van der Waals surface area (Å²) in [5.74, 6) is 1.05. The van der Waals surface area contributed by atoms with Gasteiger partial charge in [0.2, 0.25) is 0 Å². The predicted molar refractivity (Wildman–Crippen MR) is 62.1 cm³/mol. The van der Waals surface area contributed by atoms with Crippen molar-refractivity contribution in [2.45, 2.75) is 32.2 Å². The van der Waals surface area contributed by atoms with Crippen LogP contribution in [0, 0.1) is 5.92 Å². The lowest BCUT2D eigenvalue weighted by Gasteiger charge is -2.29. The molecule has 1 atom stereocenters. The summed E-state index contributed by atoms with van der Waals surface area (Å²) in [6.07, 6.45) is 4.33. The zero-order valence-electron chi connectivity index (χ0n) is 9.87. The molecule has 15 heavy (non-hydrogen) atoms. The van der Waals surface area contributed by atoms with Gasteiger partial charge >= 0.3 is 0 Å². The highest BCUT2D eigenvalue weighted by molar-refractivity contribution is 4.75. The first-order chi connectivity index (χ1) is 7.34. The molecule has 0 bridgehead atoms. The van der Waals surface area contributed by atoms with Gasteiger partial charge in [-0.2, -0.15) is 0 Å². The van der Waals surface area contributed by atoms with Gasteiger partial charge in [-0.1, -0.05) is 12.8 Å². The summed E-state index contributed by atoms with van der Waals surface area (Å²) >= 11 is 0. The Morgan fingerprint density at radius 2 is 2.07 bits per heavy atom. The van der Waals surface area contributed by atoms with Gasteiger partial charge < -0.3 is 10.1 Å². The molecule has 2 rings (SSSR count). The first-order valence-electron chi connectivity index (χ1n) is 6.38. The third kappa shape index (κ3) is 4.49. The molecule has 0 aromatic rings. The van der Waals surface area contributed by atoms with E-state index in [-0.39, 0.29) is 0 Å². The van der Waals surface area contributed by atoms with E-state index in [9.17, 15) is 0 Å². The van der Waals surface area contributed by atoms with Crippen LogP contribution in [0.25, 0.3) is 0 Å².